The summed E-state index contributed by atoms with van der Waals surface area (Å²) in [5, 5.41) is 0. The zero-order valence-corrected chi connectivity index (χ0v) is 13.3. The van der Waals surface area contributed by atoms with Gasteiger partial charge >= 0.3 is 0 Å². The summed E-state index contributed by atoms with van der Waals surface area (Å²) in [6.45, 7) is 6.08. The second kappa shape index (κ2) is 6.70. The molecule has 0 N–H and O–H groups in total. The van der Waals surface area contributed by atoms with Crippen molar-refractivity contribution < 1.29 is 4.79 Å². The SMILES string of the molecule is CCN(Cc1ccncc1)C(=O)c1cc(Br)cn1CC. The van der Waals surface area contributed by atoms with E-state index in [1.807, 2.05) is 47.7 Å². The highest BCUT2D eigenvalue weighted by Gasteiger charge is 2.18. The third-order valence-electron chi connectivity index (χ3n) is 3.21. The predicted octanol–water partition coefficient (Wildman–Crippen LogP) is 3.33. The minimum atomic E-state index is 0.0527. The Morgan fingerprint density at radius 2 is 2.05 bits per heavy atom. The van der Waals surface area contributed by atoms with Gasteiger partial charge in [0.05, 0.1) is 0 Å². The summed E-state index contributed by atoms with van der Waals surface area (Å²) in [4.78, 5) is 18.5. The lowest BCUT2D eigenvalue weighted by Gasteiger charge is -2.21. The van der Waals surface area contributed by atoms with E-state index in [4.69, 9.17) is 0 Å². The maximum Gasteiger partial charge on any atom is 0.270 e. The van der Waals surface area contributed by atoms with Crippen molar-refractivity contribution in [3.8, 4) is 0 Å². The lowest BCUT2D eigenvalue weighted by Crippen LogP contribution is -2.31. The van der Waals surface area contributed by atoms with Gasteiger partial charge in [-0.25, -0.2) is 0 Å². The Balaban J connectivity index is 2.20. The molecular formula is C15H18BrN3O. The predicted molar refractivity (Wildman–Crippen MR) is 82.5 cm³/mol. The first kappa shape index (κ1) is 14.8. The number of halogens is 1. The molecule has 0 fully saturated rings. The zero-order chi connectivity index (χ0) is 14.5. The smallest absolute Gasteiger partial charge is 0.270 e. The monoisotopic (exact) mass is 335 g/mol. The number of aromatic nitrogens is 2. The van der Waals surface area contributed by atoms with Gasteiger partial charge in [-0.3, -0.25) is 9.78 Å². The molecule has 0 spiro atoms. The summed E-state index contributed by atoms with van der Waals surface area (Å²) in [7, 11) is 0. The van der Waals surface area contributed by atoms with Crippen molar-refractivity contribution in [2.24, 2.45) is 0 Å². The van der Waals surface area contributed by atoms with Crippen LogP contribution in [0.3, 0.4) is 0 Å². The van der Waals surface area contributed by atoms with Gasteiger partial charge in [-0.2, -0.15) is 0 Å². The number of hydrogen-bond donors (Lipinski definition) is 0. The van der Waals surface area contributed by atoms with Crippen LogP contribution in [0, 0.1) is 0 Å². The normalized spacial score (nSPS) is 10.6. The molecule has 0 saturated carbocycles. The fourth-order valence-electron chi connectivity index (χ4n) is 2.11. The van der Waals surface area contributed by atoms with E-state index in [2.05, 4.69) is 20.9 Å². The van der Waals surface area contributed by atoms with Gasteiger partial charge in [0.1, 0.15) is 5.69 Å². The van der Waals surface area contributed by atoms with Crippen LogP contribution < -0.4 is 0 Å². The molecule has 106 valence electrons. The quantitative estimate of drug-likeness (QED) is 0.840. The molecule has 0 aliphatic carbocycles. The Labute approximate surface area is 127 Å². The first-order valence-corrected chi connectivity index (χ1v) is 7.48. The minimum Gasteiger partial charge on any atom is -0.343 e. The average Bonchev–Trinajstić information content (AvgIpc) is 2.86. The van der Waals surface area contributed by atoms with E-state index in [1.165, 1.54) is 0 Å². The summed E-state index contributed by atoms with van der Waals surface area (Å²) in [6.07, 6.45) is 5.44. The van der Waals surface area contributed by atoms with Crippen molar-refractivity contribution in [1.29, 1.82) is 0 Å². The highest BCUT2D eigenvalue weighted by atomic mass is 79.9. The van der Waals surface area contributed by atoms with Crippen LogP contribution in [0.5, 0.6) is 0 Å². The van der Waals surface area contributed by atoms with Crippen LogP contribution in [0.15, 0.2) is 41.3 Å². The van der Waals surface area contributed by atoms with E-state index in [-0.39, 0.29) is 5.91 Å². The average molecular weight is 336 g/mol. The summed E-state index contributed by atoms with van der Waals surface area (Å²) in [6, 6.07) is 5.75. The zero-order valence-electron chi connectivity index (χ0n) is 11.7. The van der Waals surface area contributed by atoms with Gasteiger partial charge in [-0.05, 0) is 53.5 Å². The molecule has 5 heteroatoms. The van der Waals surface area contributed by atoms with Crippen LogP contribution in [-0.4, -0.2) is 26.9 Å². The lowest BCUT2D eigenvalue weighted by atomic mass is 10.2. The number of amides is 1. The highest BCUT2D eigenvalue weighted by Crippen LogP contribution is 2.17. The lowest BCUT2D eigenvalue weighted by molar-refractivity contribution is 0.0742. The molecule has 0 aromatic carbocycles. The van der Waals surface area contributed by atoms with E-state index in [9.17, 15) is 4.79 Å². The van der Waals surface area contributed by atoms with Gasteiger partial charge in [0.15, 0.2) is 0 Å². The molecule has 2 heterocycles. The third-order valence-corrected chi connectivity index (χ3v) is 3.65. The molecular weight excluding hydrogens is 318 g/mol. The van der Waals surface area contributed by atoms with Crippen molar-refractivity contribution in [3.05, 3.63) is 52.5 Å². The second-order valence-electron chi connectivity index (χ2n) is 4.50. The molecule has 0 saturated heterocycles. The Morgan fingerprint density at radius 3 is 2.65 bits per heavy atom. The Morgan fingerprint density at radius 1 is 1.35 bits per heavy atom. The number of nitrogens with zero attached hydrogens (tertiary/aromatic N) is 3. The molecule has 2 rings (SSSR count). The number of carbonyl (C=O) groups excluding carboxylic acids is 1. The van der Waals surface area contributed by atoms with Gasteiger partial charge in [0.25, 0.3) is 5.91 Å². The Bertz CT molecular complexity index is 580. The number of pyridine rings is 1. The molecule has 20 heavy (non-hydrogen) atoms. The van der Waals surface area contributed by atoms with Gasteiger partial charge in [-0.1, -0.05) is 0 Å². The first-order valence-electron chi connectivity index (χ1n) is 6.69. The summed E-state index contributed by atoms with van der Waals surface area (Å²) >= 11 is 3.43. The van der Waals surface area contributed by atoms with Crippen LogP contribution in [0.1, 0.15) is 29.9 Å². The van der Waals surface area contributed by atoms with E-state index in [0.717, 1.165) is 22.3 Å². The number of hydrogen-bond acceptors (Lipinski definition) is 2. The van der Waals surface area contributed by atoms with Gasteiger partial charge < -0.3 is 9.47 Å². The second-order valence-corrected chi connectivity index (χ2v) is 5.42. The molecule has 2 aromatic heterocycles. The third kappa shape index (κ3) is 3.28. The molecule has 0 atom stereocenters. The largest absolute Gasteiger partial charge is 0.343 e. The molecule has 0 aliphatic rings. The van der Waals surface area contributed by atoms with Crippen LogP contribution in [0.25, 0.3) is 0 Å². The topological polar surface area (TPSA) is 38.1 Å². The van der Waals surface area contributed by atoms with Crippen LogP contribution in [-0.2, 0) is 13.1 Å². The van der Waals surface area contributed by atoms with Crippen molar-refractivity contribution in [2.45, 2.75) is 26.9 Å². The number of carbonyl (C=O) groups is 1. The van der Waals surface area contributed by atoms with Crippen molar-refractivity contribution in [3.63, 3.8) is 0 Å². The van der Waals surface area contributed by atoms with Crippen molar-refractivity contribution >= 4 is 21.8 Å². The molecule has 1 amide bonds. The maximum atomic E-state index is 12.6. The van der Waals surface area contributed by atoms with Crippen LogP contribution in [0.4, 0.5) is 0 Å². The first-order chi connectivity index (χ1) is 9.65. The minimum absolute atomic E-state index is 0.0527. The summed E-state index contributed by atoms with van der Waals surface area (Å²) in [5.74, 6) is 0.0527. The van der Waals surface area contributed by atoms with E-state index in [1.54, 1.807) is 12.4 Å². The Hall–Kier alpha value is -1.62. The molecule has 0 bridgehead atoms. The standard InChI is InChI=1S/C15H18BrN3O/c1-3-18-11-13(16)9-14(18)15(20)19(4-2)10-12-5-7-17-8-6-12/h5-9,11H,3-4,10H2,1-2H3. The van der Waals surface area contributed by atoms with Gasteiger partial charge in [0, 0.05) is 42.7 Å². The number of rotatable bonds is 5. The molecule has 0 radical (unpaired) electrons. The van der Waals surface area contributed by atoms with Gasteiger partial charge in [0.2, 0.25) is 0 Å². The molecule has 0 aliphatic heterocycles. The Kier molecular flexibility index (Phi) is 4.95. The summed E-state index contributed by atoms with van der Waals surface area (Å²) in [5.41, 5.74) is 1.80. The fraction of sp³-hybridized carbons (Fsp3) is 0.333. The van der Waals surface area contributed by atoms with Crippen LogP contribution in [0.2, 0.25) is 0 Å². The van der Waals surface area contributed by atoms with Crippen molar-refractivity contribution in [2.75, 3.05) is 6.54 Å². The van der Waals surface area contributed by atoms with Crippen LogP contribution >= 0.6 is 15.9 Å². The van der Waals surface area contributed by atoms with E-state index < -0.39 is 0 Å². The van der Waals surface area contributed by atoms with Crippen molar-refractivity contribution in [1.82, 2.24) is 14.5 Å². The molecule has 0 unspecified atom stereocenters. The van der Waals surface area contributed by atoms with E-state index in [0.29, 0.717) is 13.1 Å². The fourth-order valence-corrected chi connectivity index (χ4v) is 2.58. The molecule has 2 aromatic rings. The van der Waals surface area contributed by atoms with Gasteiger partial charge in [-0.15, -0.1) is 0 Å². The number of aryl methyl sites for hydroxylation is 1. The summed E-state index contributed by atoms with van der Waals surface area (Å²) < 4.78 is 2.89. The van der Waals surface area contributed by atoms with E-state index >= 15 is 0 Å². The maximum absolute atomic E-state index is 12.6. The highest BCUT2D eigenvalue weighted by molar-refractivity contribution is 9.10. The molecule has 4 nitrogen and oxygen atoms in total.